The highest BCUT2D eigenvalue weighted by atomic mass is 35.5. The Hall–Kier alpha value is -1.35. The van der Waals surface area contributed by atoms with Gasteiger partial charge in [0.15, 0.2) is 5.82 Å². The summed E-state index contributed by atoms with van der Waals surface area (Å²) in [5.41, 5.74) is 1.35. The second-order valence-electron chi connectivity index (χ2n) is 4.04. The lowest BCUT2D eigenvalue weighted by atomic mass is 10.1. The van der Waals surface area contributed by atoms with E-state index in [4.69, 9.17) is 16.1 Å². The molecule has 2 unspecified atom stereocenters. The van der Waals surface area contributed by atoms with Crippen LogP contribution in [-0.4, -0.2) is 10.1 Å². The summed E-state index contributed by atoms with van der Waals surface area (Å²) in [6.45, 7) is 0. The van der Waals surface area contributed by atoms with Gasteiger partial charge in [0.2, 0.25) is 5.89 Å². The van der Waals surface area contributed by atoms with E-state index in [1.807, 2.05) is 6.07 Å². The van der Waals surface area contributed by atoms with Gasteiger partial charge >= 0.3 is 0 Å². The number of benzene rings is 1. The third-order valence-electron chi connectivity index (χ3n) is 2.94. The van der Waals surface area contributed by atoms with Crippen LogP contribution in [0.3, 0.4) is 0 Å². The molecule has 1 fully saturated rings. The van der Waals surface area contributed by atoms with Gasteiger partial charge in [0, 0.05) is 5.92 Å². The Labute approximate surface area is 98.4 Å². The summed E-state index contributed by atoms with van der Waals surface area (Å²) >= 11 is 5.63. The van der Waals surface area contributed by atoms with E-state index in [0.717, 1.165) is 12.3 Å². The van der Waals surface area contributed by atoms with Gasteiger partial charge in [-0.15, -0.1) is 11.6 Å². The molecule has 0 saturated heterocycles. The fourth-order valence-electron chi connectivity index (χ4n) is 2.01. The minimum atomic E-state index is 0.312. The molecule has 2 atom stereocenters. The number of hydrogen-bond acceptors (Lipinski definition) is 3. The highest BCUT2D eigenvalue weighted by Gasteiger charge is 2.43. The molecule has 0 aliphatic heterocycles. The van der Waals surface area contributed by atoms with Crippen molar-refractivity contribution < 1.29 is 4.52 Å². The molecule has 0 bridgehead atoms. The van der Waals surface area contributed by atoms with E-state index in [2.05, 4.69) is 34.4 Å². The molecule has 1 aromatic carbocycles. The Kier molecular flexibility index (Phi) is 2.40. The lowest BCUT2D eigenvalue weighted by Gasteiger charge is -1.95. The van der Waals surface area contributed by atoms with Crippen molar-refractivity contribution >= 4 is 11.6 Å². The molecule has 0 spiro atoms. The summed E-state index contributed by atoms with van der Waals surface area (Å²) in [6.07, 6.45) is 1.09. The maximum Gasteiger partial charge on any atom is 0.230 e. The zero-order valence-electron chi connectivity index (χ0n) is 8.64. The van der Waals surface area contributed by atoms with E-state index in [1.165, 1.54) is 5.56 Å². The zero-order chi connectivity index (χ0) is 11.0. The fraction of sp³-hybridized carbons (Fsp3) is 0.333. The summed E-state index contributed by atoms with van der Waals surface area (Å²) in [7, 11) is 0. The van der Waals surface area contributed by atoms with Crippen molar-refractivity contribution in [1.82, 2.24) is 10.1 Å². The number of nitrogens with zero attached hydrogens (tertiary/aromatic N) is 2. The van der Waals surface area contributed by atoms with E-state index >= 15 is 0 Å². The molecule has 0 amide bonds. The van der Waals surface area contributed by atoms with E-state index in [9.17, 15) is 0 Å². The lowest BCUT2D eigenvalue weighted by molar-refractivity contribution is 0.374. The van der Waals surface area contributed by atoms with Crippen molar-refractivity contribution in [3.8, 4) is 0 Å². The van der Waals surface area contributed by atoms with Crippen LogP contribution in [0.4, 0.5) is 0 Å². The van der Waals surface area contributed by atoms with Crippen molar-refractivity contribution in [3.63, 3.8) is 0 Å². The van der Waals surface area contributed by atoms with Gasteiger partial charge in [0.05, 0.1) is 5.88 Å². The maximum atomic E-state index is 5.63. The summed E-state index contributed by atoms with van der Waals surface area (Å²) in [4.78, 5) is 4.26. The van der Waals surface area contributed by atoms with Crippen LogP contribution >= 0.6 is 11.6 Å². The largest absolute Gasteiger partial charge is 0.339 e. The standard InChI is InChI=1S/C12H11ClN2O/c13-7-11-14-12(16-15-11)10-6-9(10)8-4-2-1-3-5-8/h1-5,9-10H,6-7H2. The molecule has 0 N–H and O–H groups in total. The average Bonchev–Trinajstić information content (AvgIpc) is 3.01. The van der Waals surface area contributed by atoms with E-state index in [1.54, 1.807) is 0 Å². The normalized spacial score (nSPS) is 23.3. The van der Waals surface area contributed by atoms with Gasteiger partial charge in [-0.1, -0.05) is 35.5 Å². The number of hydrogen-bond donors (Lipinski definition) is 0. The zero-order valence-corrected chi connectivity index (χ0v) is 9.39. The van der Waals surface area contributed by atoms with E-state index < -0.39 is 0 Å². The van der Waals surface area contributed by atoms with Crippen LogP contribution in [0.1, 0.15) is 35.5 Å². The van der Waals surface area contributed by atoms with Crippen molar-refractivity contribution in [2.24, 2.45) is 0 Å². The topological polar surface area (TPSA) is 38.9 Å². The molecular weight excluding hydrogens is 224 g/mol. The van der Waals surface area contributed by atoms with Crippen LogP contribution in [0.25, 0.3) is 0 Å². The summed E-state index contributed by atoms with van der Waals surface area (Å²) in [5, 5.41) is 3.81. The van der Waals surface area contributed by atoms with Crippen molar-refractivity contribution in [1.29, 1.82) is 0 Å². The molecule has 16 heavy (non-hydrogen) atoms. The van der Waals surface area contributed by atoms with Crippen molar-refractivity contribution in [3.05, 3.63) is 47.6 Å². The maximum absolute atomic E-state index is 5.63. The molecule has 1 aliphatic rings. The monoisotopic (exact) mass is 234 g/mol. The lowest BCUT2D eigenvalue weighted by Crippen LogP contribution is -1.85. The molecule has 82 valence electrons. The average molecular weight is 235 g/mol. The van der Waals surface area contributed by atoms with Gasteiger partial charge in [-0.3, -0.25) is 0 Å². The predicted molar refractivity (Wildman–Crippen MR) is 60.4 cm³/mol. The molecule has 1 aliphatic carbocycles. The van der Waals surface area contributed by atoms with Gasteiger partial charge in [-0.25, -0.2) is 0 Å². The van der Waals surface area contributed by atoms with Gasteiger partial charge in [0.1, 0.15) is 0 Å². The first kappa shape index (κ1) is 9.85. The minimum Gasteiger partial charge on any atom is -0.339 e. The third kappa shape index (κ3) is 1.71. The molecule has 4 heteroatoms. The quantitative estimate of drug-likeness (QED) is 0.766. The van der Waals surface area contributed by atoms with Crippen LogP contribution in [-0.2, 0) is 5.88 Å². The Morgan fingerprint density at radius 1 is 1.25 bits per heavy atom. The number of alkyl halides is 1. The van der Waals surface area contributed by atoms with Gasteiger partial charge in [-0.05, 0) is 17.9 Å². The number of aromatic nitrogens is 2. The van der Waals surface area contributed by atoms with Crippen LogP contribution < -0.4 is 0 Å². The molecule has 0 radical (unpaired) electrons. The Morgan fingerprint density at radius 2 is 2.06 bits per heavy atom. The molecule has 1 aromatic heterocycles. The molecule has 1 saturated carbocycles. The van der Waals surface area contributed by atoms with Crippen LogP contribution in [0.2, 0.25) is 0 Å². The molecule has 3 nitrogen and oxygen atoms in total. The molecule has 3 rings (SSSR count). The molecular formula is C12H11ClN2O. The Morgan fingerprint density at radius 3 is 2.75 bits per heavy atom. The van der Waals surface area contributed by atoms with E-state index in [-0.39, 0.29) is 0 Å². The second kappa shape index (κ2) is 3.91. The third-order valence-corrected chi connectivity index (χ3v) is 3.18. The van der Waals surface area contributed by atoms with Crippen LogP contribution in [0, 0.1) is 0 Å². The molecule has 2 aromatic rings. The van der Waals surface area contributed by atoms with Crippen molar-refractivity contribution in [2.75, 3.05) is 0 Å². The highest BCUT2D eigenvalue weighted by Crippen LogP contribution is 2.53. The first-order valence-electron chi connectivity index (χ1n) is 5.32. The first-order valence-corrected chi connectivity index (χ1v) is 5.85. The van der Waals surface area contributed by atoms with Gasteiger partial charge in [-0.2, -0.15) is 4.98 Å². The SMILES string of the molecule is ClCc1noc(C2CC2c2ccccc2)n1. The Balaban J connectivity index is 1.76. The number of halogens is 1. The summed E-state index contributed by atoms with van der Waals surface area (Å²) in [6, 6.07) is 10.4. The fourth-order valence-corrected chi connectivity index (χ4v) is 2.12. The smallest absolute Gasteiger partial charge is 0.230 e. The molecule has 1 heterocycles. The Bertz CT molecular complexity index is 483. The summed E-state index contributed by atoms with van der Waals surface area (Å²) in [5.74, 6) is 2.53. The summed E-state index contributed by atoms with van der Waals surface area (Å²) < 4.78 is 5.19. The predicted octanol–water partition coefficient (Wildman–Crippen LogP) is 3.08. The van der Waals surface area contributed by atoms with Gasteiger partial charge < -0.3 is 4.52 Å². The van der Waals surface area contributed by atoms with Crippen LogP contribution in [0.15, 0.2) is 34.9 Å². The van der Waals surface area contributed by atoms with Gasteiger partial charge in [0.25, 0.3) is 0 Å². The second-order valence-corrected chi connectivity index (χ2v) is 4.31. The minimum absolute atomic E-state index is 0.312. The highest BCUT2D eigenvalue weighted by molar-refractivity contribution is 6.16. The van der Waals surface area contributed by atoms with Crippen LogP contribution in [0.5, 0.6) is 0 Å². The number of rotatable bonds is 3. The van der Waals surface area contributed by atoms with Crippen molar-refractivity contribution in [2.45, 2.75) is 24.1 Å². The first-order chi connectivity index (χ1) is 7.88. The van der Waals surface area contributed by atoms with E-state index in [0.29, 0.717) is 23.5 Å².